The van der Waals surface area contributed by atoms with Gasteiger partial charge in [-0.2, -0.15) is 0 Å². The summed E-state index contributed by atoms with van der Waals surface area (Å²) < 4.78 is 0. The average Bonchev–Trinajstić information content (AvgIpc) is 2.62. The van der Waals surface area contributed by atoms with E-state index in [9.17, 15) is 29.1 Å². The van der Waals surface area contributed by atoms with Crippen LogP contribution >= 0.6 is 0 Å². The molecule has 30 heavy (non-hydrogen) atoms. The molecule has 0 fully saturated rings. The van der Waals surface area contributed by atoms with Crippen LogP contribution in [0, 0.1) is 5.92 Å². The summed E-state index contributed by atoms with van der Waals surface area (Å²) in [6, 6.07) is -4.95. The van der Waals surface area contributed by atoms with Gasteiger partial charge in [0.25, 0.3) is 0 Å². The number of nitrogens with two attached hydrogens (primary N) is 1. The van der Waals surface area contributed by atoms with Crippen molar-refractivity contribution >= 4 is 29.7 Å². The second-order valence-electron chi connectivity index (χ2n) is 7.52. The Morgan fingerprint density at radius 3 is 1.77 bits per heavy atom. The highest BCUT2D eigenvalue weighted by Crippen LogP contribution is 2.08. The quantitative estimate of drug-likeness (QED) is 0.174. The lowest BCUT2D eigenvalue weighted by atomic mass is 10.0. The molecule has 172 valence electrons. The lowest BCUT2D eigenvalue weighted by Crippen LogP contribution is -2.58. The smallest absolute Gasteiger partial charge is 0.325 e. The number of carbonyl (C=O) groups excluding carboxylic acids is 3. The number of aliphatic hydroxyl groups excluding tert-OH is 1. The van der Waals surface area contributed by atoms with E-state index in [1.165, 1.54) is 13.8 Å². The fourth-order valence-corrected chi connectivity index (χ4v) is 2.37. The number of hydrogen-bond acceptors (Lipinski definition) is 7. The van der Waals surface area contributed by atoms with Crippen LogP contribution in [-0.2, 0) is 24.0 Å². The summed E-state index contributed by atoms with van der Waals surface area (Å²) in [5.74, 6) is -4.94. The lowest BCUT2D eigenvalue weighted by Gasteiger charge is -2.26. The van der Waals surface area contributed by atoms with E-state index in [1.807, 2.05) is 0 Å². The van der Waals surface area contributed by atoms with Crippen LogP contribution in [0.3, 0.4) is 0 Å². The van der Waals surface area contributed by atoms with Crippen LogP contribution in [0.5, 0.6) is 0 Å². The van der Waals surface area contributed by atoms with Crippen molar-refractivity contribution < 1.29 is 39.3 Å². The topological polar surface area (TPSA) is 208 Å². The second kappa shape index (κ2) is 12.8. The van der Waals surface area contributed by atoms with Gasteiger partial charge in [-0.15, -0.1) is 0 Å². The molecular formula is C18H32N4O8. The van der Waals surface area contributed by atoms with Crippen molar-refractivity contribution in [3.63, 3.8) is 0 Å². The highest BCUT2D eigenvalue weighted by molar-refractivity contribution is 5.94. The molecule has 0 heterocycles. The number of carbonyl (C=O) groups is 5. The Kier molecular flexibility index (Phi) is 11.6. The van der Waals surface area contributed by atoms with Crippen LogP contribution in [0.1, 0.15) is 47.0 Å². The van der Waals surface area contributed by atoms with Crippen molar-refractivity contribution in [1.82, 2.24) is 16.0 Å². The summed E-state index contributed by atoms with van der Waals surface area (Å²) >= 11 is 0. The van der Waals surface area contributed by atoms with Crippen LogP contribution in [0.25, 0.3) is 0 Å². The first-order valence-corrected chi connectivity index (χ1v) is 9.55. The van der Waals surface area contributed by atoms with Crippen LogP contribution in [0.2, 0.25) is 0 Å². The molecule has 3 amide bonds. The minimum absolute atomic E-state index is 0.0397. The van der Waals surface area contributed by atoms with Gasteiger partial charge < -0.3 is 37.0 Å². The van der Waals surface area contributed by atoms with E-state index >= 15 is 0 Å². The second-order valence-corrected chi connectivity index (χ2v) is 7.52. The Morgan fingerprint density at radius 1 is 0.833 bits per heavy atom. The molecule has 0 spiro atoms. The number of nitrogens with one attached hydrogen (secondary N) is 3. The predicted molar refractivity (Wildman–Crippen MR) is 105 cm³/mol. The van der Waals surface area contributed by atoms with E-state index in [-0.39, 0.29) is 18.8 Å². The monoisotopic (exact) mass is 432 g/mol. The summed E-state index contributed by atoms with van der Waals surface area (Å²) in [7, 11) is 0. The predicted octanol–water partition coefficient (Wildman–Crippen LogP) is -1.84. The molecule has 0 aromatic carbocycles. The molecule has 0 aromatic heterocycles. The van der Waals surface area contributed by atoms with Gasteiger partial charge in [0, 0.05) is 6.42 Å². The summed E-state index contributed by atoms with van der Waals surface area (Å²) in [4.78, 5) is 59.0. The van der Waals surface area contributed by atoms with E-state index in [0.29, 0.717) is 0 Å². The zero-order valence-electron chi connectivity index (χ0n) is 17.5. The fraction of sp³-hybridized carbons (Fsp3) is 0.722. The Labute approximate surface area is 174 Å². The van der Waals surface area contributed by atoms with Gasteiger partial charge in [0.05, 0.1) is 6.10 Å². The number of carboxylic acid groups (broad SMARTS) is 2. The number of amides is 3. The lowest BCUT2D eigenvalue weighted by molar-refractivity contribution is -0.142. The summed E-state index contributed by atoms with van der Waals surface area (Å²) in [5.41, 5.74) is 5.57. The van der Waals surface area contributed by atoms with E-state index in [0.717, 1.165) is 0 Å². The van der Waals surface area contributed by atoms with E-state index < -0.39 is 66.4 Å². The van der Waals surface area contributed by atoms with E-state index in [4.69, 9.17) is 15.9 Å². The molecule has 12 heteroatoms. The molecule has 0 saturated carbocycles. The van der Waals surface area contributed by atoms with Crippen LogP contribution < -0.4 is 21.7 Å². The van der Waals surface area contributed by atoms with Crippen molar-refractivity contribution in [1.29, 1.82) is 0 Å². The van der Waals surface area contributed by atoms with Crippen molar-refractivity contribution in [2.24, 2.45) is 11.7 Å². The molecule has 12 nitrogen and oxygen atoms in total. The van der Waals surface area contributed by atoms with E-state index in [2.05, 4.69) is 16.0 Å². The third-order valence-electron chi connectivity index (χ3n) is 4.17. The zero-order chi connectivity index (χ0) is 23.6. The van der Waals surface area contributed by atoms with Gasteiger partial charge in [0.1, 0.15) is 24.2 Å². The minimum Gasteiger partial charge on any atom is -0.481 e. The van der Waals surface area contributed by atoms with Crippen molar-refractivity contribution in [3.8, 4) is 0 Å². The van der Waals surface area contributed by atoms with Crippen LogP contribution in [-0.4, -0.2) is 75.3 Å². The van der Waals surface area contributed by atoms with Gasteiger partial charge in [0.15, 0.2) is 0 Å². The number of hydrogen-bond donors (Lipinski definition) is 7. The molecule has 0 aliphatic rings. The minimum atomic E-state index is -1.33. The van der Waals surface area contributed by atoms with Crippen molar-refractivity contribution in [2.75, 3.05) is 0 Å². The SMILES string of the molecule is CC(C)C[C@H](NC(=O)[C@@H](N)[C@@H](C)O)C(=O)N[C@@H](CCC(=O)O)C(=O)N[C@@H](C)C(=O)O. The number of rotatable bonds is 13. The van der Waals surface area contributed by atoms with Crippen LogP contribution in [0.4, 0.5) is 0 Å². The largest absolute Gasteiger partial charge is 0.481 e. The van der Waals surface area contributed by atoms with Crippen LogP contribution in [0.15, 0.2) is 0 Å². The molecule has 0 unspecified atom stereocenters. The number of carboxylic acids is 2. The molecule has 0 aromatic rings. The molecule has 0 saturated heterocycles. The molecule has 0 radical (unpaired) electrons. The first-order valence-electron chi connectivity index (χ1n) is 9.55. The molecular weight excluding hydrogens is 400 g/mol. The molecule has 0 aliphatic carbocycles. The summed E-state index contributed by atoms with van der Waals surface area (Å²) in [6.07, 6.45) is -1.70. The van der Waals surface area contributed by atoms with Crippen molar-refractivity contribution in [3.05, 3.63) is 0 Å². The molecule has 5 atom stereocenters. The highest BCUT2D eigenvalue weighted by Gasteiger charge is 2.30. The van der Waals surface area contributed by atoms with E-state index in [1.54, 1.807) is 13.8 Å². The number of aliphatic hydroxyl groups is 1. The average molecular weight is 432 g/mol. The van der Waals surface area contributed by atoms with Gasteiger partial charge >= 0.3 is 11.9 Å². The van der Waals surface area contributed by atoms with Gasteiger partial charge in [0.2, 0.25) is 17.7 Å². The number of aliphatic carboxylic acids is 2. The summed E-state index contributed by atoms with van der Waals surface area (Å²) in [6.45, 7) is 6.13. The highest BCUT2D eigenvalue weighted by atomic mass is 16.4. The molecule has 0 rings (SSSR count). The van der Waals surface area contributed by atoms with Gasteiger partial charge in [-0.05, 0) is 32.6 Å². The third kappa shape index (κ3) is 10.2. The summed E-state index contributed by atoms with van der Waals surface area (Å²) in [5, 5.41) is 34.2. The maximum absolute atomic E-state index is 12.7. The Balaban J connectivity index is 5.41. The zero-order valence-corrected chi connectivity index (χ0v) is 17.5. The Bertz CT molecular complexity index is 638. The molecule has 0 aliphatic heterocycles. The normalized spacial score (nSPS) is 16.0. The van der Waals surface area contributed by atoms with Gasteiger partial charge in [-0.25, -0.2) is 0 Å². The fourth-order valence-electron chi connectivity index (χ4n) is 2.37. The van der Waals surface area contributed by atoms with Crippen molar-refractivity contribution in [2.45, 2.75) is 77.2 Å². The maximum atomic E-state index is 12.7. The third-order valence-corrected chi connectivity index (χ3v) is 4.17. The first-order chi connectivity index (χ1) is 13.8. The maximum Gasteiger partial charge on any atom is 0.325 e. The molecule has 0 bridgehead atoms. The van der Waals surface area contributed by atoms with Gasteiger partial charge in [-0.1, -0.05) is 13.8 Å². The first kappa shape index (κ1) is 27.3. The Morgan fingerprint density at radius 2 is 1.33 bits per heavy atom. The Hall–Kier alpha value is -2.73. The standard InChI is InChI=1S/C18H32N4O8/c1-8(2)7-12(22-17(28)14(19)10(4)23)16(27)21-11(5-6-13(24)25)15(26)20-9(3)18(29)30/h8-12,14,23H,5-7,19H2,1-4H3,(H,20,26)(H,21,27)(H,22,28)(H,24,25)(H,29,30)/t9-,10+,11-,12-,14-/m0/s1. The molecule has 8 N–H and O–H groups in total. The van der Waals surface area contributed by atoms with Gasteiger partial charge in [-0.3, -0.25) is 24.0 Å².